The summed E-state index contributed by atoms with van der Waals surface area (Å²) >= 11 is 0. The van der Waals surface area contributed by atoms with E-state index in [1.54, 1.807) is 12.1 Å². The maximum absolute atomic E-state index is 13.0. The van der Waals surface area contributed by atoms with Gasteiger partial charge < -0.3 is 10.2 Å². The van der Waals surface area contributed by atoms with Gasteiger partial charge in [-0.2, -0.15) is 0 Å². The summed E-state index contributed by atoms with van der Waals surface area (Å²) in [5.41, 5.74) is 7.28. The Labute approximate surface area is 141 Å². The molecule has 2 unspecified atom stereocenters. The zero-order valence-electron chi connectivity index (χ0n) is 12.8. The molecule has 3 aliphatic heterocycles. The number of hydrazine groups is 1. The number of rotatable bonds is 2. The highest BCUT2D eigenvalue weighted by Crippen LogP contribution is 2.29. The Morgan fingerprint density at radius 1 is 1.09 bits per heavy atom. The summed E-state index contributed by atoms with van der Waals surface area (Å²) in [5, 5.41) is 3.39. The Morgan fingerprint density at radius 2 is 1.74 bits per heavy atom. The van der Waals surface area contributed by atoms with Gasteiger partial charge in [-0.1, -0.05) is 12.1 Å². The lowest BCUT2D eigenvalue weighted by Crippen LogP contribution is -2.45. The second-order valence-corrected chi connectivity index (χ2v) is 6.60. The predicted molar refractivity (Wildman–Crippen MR) is 87.5 cm³/mol. The van der Waals surface area contributed by atoms with Gasteiger partial charge in [0.05, 0.1) is 0 Å². The van der Waals surface area contributed by atoms with Crippen molar-refractivity contribution in [2.24, 2.45) is 11.8 Å². The van der Waals surface area contributed by atoms with Crippen molar-refractivity contribution in [1.82, 2.24) is 21.1 Å². The first-order chi connectivity index (χ1) is 10.7. The standard InChI is InChI=1S/C16H21FN4O.ClH/c17-13-3-1-10(2-4-13)14-5-15(20-19-14)16(22)21-8-11-6-18-7-12(11)9-21;/h1-4,11-12,14-15,18-20H,5-9H2;1H/t11-,12+,14?,15?;. The Kier molecular flexibility index (Phi) is 4.87. The van der Waals surface area contributed by atoms with Crippen molar-refractivity contribution in [3.8, 4) is 0 Å². The molecule has 126 valence electrons. The van der Waals surface area contributed by atoms with Gasteiger partial charge >= 0.3 is 0 Å². The van der Waals surface area contributed by atoms with Gasteiger partial charge in [-0.15, -0.1) is 12.4 Å². The first-order valence-corrected chi connectivity index (χ1v) is 7.97. The van der Waals surface area contributed by atoms with Gasteiger partial charge in [-0.25, -0.2) is 15.2 Å². The molecular weight excluding hydrogens is 319 g/mol. The summed E-state index contributed by atoms with van der Waals surface area (Å²) in [6.07, 6.45) is 0.703. The van der Waals surface area contributed by atoms with Crippen LogP contribution in [-0.2, 0) is 4.79 Å². The fourth-order valence-corrected chi connectivity index (χ4v) is 3.89. The molecule has 4 atom stereocenters. The van der Waals surface area contributed by atoms with Gasteiger partial charge in [-0.05, 0) is 36.0 Å². The van der Waals surface area contributed by atoms with Crippen LogP contribution in [-0.4, -0.2) is 43.0 Å². The van der Waals surface area contributed by atoms with E-state index in [9.17, 15) is 9.18 Å². The number of likely N-dealkylation sites (tertiary alicyclic amines) is 1. The van der Waals surface area contributed by atoms with E-state index in [0.717, 1.165) is 31.7 Å². The number of fused-ring (bicyclic) bond motifs is 1. The second kappa shape index (κ2) is 6.73. The molecule has 0 saturated carbocycles. The number of benzene rings is 1. The molecule has 3 saturated heterocycles. The fourth-order valence-electron chi connectivity index (χ4n) is 3.89. The van der Waals surface area contributed by atoms with E-state index >= 15 is 0 Å². The topological polar surface area (TPSA) is 56.4 Å². The third-order valence-corrected chi connectivity index (χ3v) is 5.17. The first kappa shape index (κ1) is 16.6. The maximum atomic E-state index is 13.0. The van der Waals surface area contributed by atoms with Crippen molar-refractivity contribution < 1.29 is 9.18 Å². The molecular formula is C16H22ClFN4O. The molecule has 1 aromatic carbocycles. The number of hydrogen-bond donors (Lipinski definition) is 3. The largest absolute Gasteiger partial charge is 0.341 e. The third-order valence-electron chi connectivity index (χ3n) is 5.17. The van der Waals surface area contributed by atoms with Gasteiger partial charge in [0.2, 0.25) is 5.91 Å². The van der Waals surface area contributed by atoms with E-state index in [-0.39, 0.29) is 36.2 Å². The van der Waals surface area contributed by atoms with Crippen LogP contribution in [0.5, 0.6) is 0 Å². The van der Waals surface area contributed by atoms with Crippen LogP contribution in [0.4, 0.5) is 4.39 Å². The molecule has 0 aliphatic carbocycles. The van der Waals surface area contributed by atoms with Crippen LogP contribution in [0.25, 0.3) is 0 Å². The molecule has 1 amide bonds. The first-order valence-electron chi connectivity index (χ1n) is 7.97. The molecule has 0 bridgehead atoms. The summed E-state index contributed by atoms with van der Waals surface area (Å²) in [7, 11) is 0. The molecule has 0 aromatic heterocycles. The van der Waals surface area contributed by atoms with Gasteiger partial charge in [-0.3, -0.25) is 4.79 Å². The highest BCUT2D eigenvalue weighted by atomic mass is 35.5. The van der Waals surface area contributed by atoms with Crippen LogP contribution in [0.15, 0.2) is 24.3 Å². The summed E-state index contributed by atoms with van der Waals surface area (Å²) < 4.78 is 13.0. The van der Waals surface area contributed by atoms with Crippen molar-refractivity contribution in [3.63, 3.8) is 0 Å². The van der Waals surface area contributed by atoms with Crippen LogP contribution in [0.3, 0.4) is 0 Å². The lowest BCUT2D eigenvalue weighted by Gasteiger charge is -2.21. The molecule has 5 nitrogen and oxygen atoms in total. The second-order valence-electron chi connectivity index (χ2n) is 6.60. The molecule has 1 aromatic rings. The van der Waals surface area contributed by atoms with E-state index in [0.29, 0.717) is 18.3 Å². The van der Waals surface area contributed by atoms with E-state index in [4.69, 9.17) is 0 Å². The number of carbonyl (C=O) groups excluding carboxylic acids is 1. The van der Waals surface area contributed by atoms with Crippen molar-refractivity contribution in [2.75, 3.05) is 26.2 Å². The lowest BCUT2D eigenvalue weighted by molar-refractivity contribution is -0.132. The van der Waals surface area contributed by atoms with Crippen molar-refractivity contribution in [3.05, 3.63) is 35.6 Å². The number of nitrogens with one attached hydrogen (secondary N) is 3. The van der Waals surface area contributed by atoms with Crippen LogP contribution in [0.2, 0.25) is 0 Å². The minimum absolute atomic E-state index is 0. The highest BCUT2D eigenvalue weighted by molar-refractivity contribution is 5.85. The number of halogens is 2. The highest BCUT2D eigenvalue weighted by Gasteiger charge is 2.41. The van der Waals surface area contributed by atoms with Crippen LogP contribution in [0.1, 0.15) is 18.0 Å². The molecule has 3 fully saturated rings. The number of carbonyl (C=O) groups is 1. The van der Waals surface area contributed by atoms with Gasteiger partial charge in [0.1, 0.15) is 11.9 Å². The SMILES string of the molecule is Cl.O=C(C1CC(c2ccc(F)cc2)NN1)N1C[C@H]2CNC[C@H]2C1. The molecule has 0 radical (unpaired) electrons. The van der Waals surface area contributed by atoms with E-state index in [1.165, 1.54) is 12.1 Å². The smallest absolute Gasteiger partial charge is 0.241 e. The maximum Gasteiger partial charge on any atom is 0.241 e. The van der Waals surface area contributed by atoms with Crippen molar-refractivity contribution in [2.45, 2.75) is 18.5 Å². The molecule has 7 heteroatoms. The Balaban J connectivity index is 0.00000156. The van der Waals surface area contributed by atoms with Gasteiger partial charge in [0.25, 0.3) is 0 Å². The monoisotopic (exact) mass is 340 g/mol. The summed E-state index contributed by atoms with van der Waals surface area (Å²) in [5.74, 6) is 1.18. The number of nitrogens with zero attached hydrogens (tertiary/aromatic N) is 1. The minimum Gasteiger partial charge on any atom is -0.341 e. The average molecular weight is 341 g/mol. The Hall–Kier alpha value is -1.21. The lowest BCUT2D eigenvalue weighted by atomic mass is 10.0. The minimum atomic E-state index is -0.237. The summed E-state index contributed by atoms with van der Waals surface area (Å²) in [6.45, 7) is 3.80. The Morgan fingerprint density at radius 3 is 2.39 bits per heavy atom. The third kappa shape index (κ3) is 3.21. The molecule has 3 N–H and O–H groups in total. The Bertz CT molecular complexity index is 558. The van der Waals surface area contributed by atoms with Gasteiger partial charge in [0, 0.05) is 32.2 Å². The van der Waals surface area contributed by atoms with Crippen LogP contribution in [0, 0.1) is 17.7 Å². The number of hydrogen-bond acceptors (Lipinski definition) is 4. The normalized spacial score (nSPS) is 32.7. The van der Waals surface area contributed by atoms with Crippen LogP contribution < -0.4 is 16.2 Å². The van der Waals surface area contributed by atoms with E-state index in [2.05, 4.69) is 16.2 Å². The van der Waals surface area contributed by atoms with Crippen molar-refractivity contribution >= 4 is 18.3 Å². The summed E-state index contributed by atoms with van der Waals surface area (Å²) in [6, 6.07) is 6.32. The molecule has 23 heavy (non-hydrogen) atoms. The van der Waals surface area contributed by atoms with E-state index < -0.39 is 0 Å². The predicted octanol–water partition coefficient (Wildman–Crippen LogP) is 0.833. The fraction of sp³-hybridized carbons (Fsp3) is 0.562. The van der Waals surface area contributed by atoms with E-state index in [1.807, 2.05) is 4.90 Å². The van der Waals surface area contributed by atoms with Gasteiger partial charge in [0.15, 0.2) is 0 Å². The zero-order chi connectivity index (χ0) is 15.1. The van der Waals surface area contributed by atoms with Crippen molar-refractivity contribution in [1.29, 1.82) is 0 Å². The molecule has 3 aliphatic rings. The summed E-state index contributed by atoms with van der Waals surface area (Å²) in [4.78, 5) is 14.7. The average Bonchev–Trinajstić information content (AvgIpc) is 3.22. The molecule has 3 heterocycles. The van der Waals surface area contributed by atoms with Crippen LogP contribution >= 0.6 is 12.4 Å². The molecule has 4 rings (SSSR count). The molecule has 0 spiro atoms. The quantitative estimate of drug-likeness (QED) is 0.746. The number of amides is 1. The zero-order valence-corrected chi connectivity index (χ0v) is 13.6.